The topological polar surface area (TPSA) is 40.9 Å². The summed E-state index contributed by atoms with van der Waals surface area (Å²) in [7, 11) is 0. The third kappa shape index (κ3) is 2.36. The van der Waals surface area contributed by atoms with Gasteiger partial charge in [-0.3, -0.25) is 4.79 Å². The molecular formula is C16H11NO. The molecule has 2 aromatic carbocycles. The SMILES string of the molecule is N#CC(C=O)=C(c1ccccc1)c1ccccc1. The summed E-state index contributed by atoms with van der Waals surface area (Å²) in [5.74, 6) is 0. The minimum atomic E-state index is 0.146. The molecule has 0 amide bonds. The number of allylic oxidation sites excluding steroid dienone is 1. The van der Waals surface area contributed by atoms with Crippen LogP contribution in [0.25, 0.3) is 5.57 Å². The number of nitrogens with zero attached hydrogens (tertiary/aromatic N) is 1. The van der Waals surface area contributed by atoms with Gasteiger partial charge >= 0.3 is 0 Å². The highest BCUT2D eigenvalue weighted by molar-refractivity contribution is 5.98. The zero-order chi connectivity index (χ0) is 12.8. The third-order valence-corrected chi connectivity index (χ3v) is 2.63. The average Bonchev–Trinajstić information content (AvgIpc) is 2.46. The van der Waals surface area contributed by atoms with E-state index >= 15 is 0 Å². The summed E-state index contributed by atoms with van der Waals surface area (Å²) in [4.78, 5) is 11.0. The summed E-state index contributed by atoms with van der Waals surface area (Å²) in [6.45, 7) is 0. The van der Waals surface area contributed by atoms with Gasteiger partial charge in [0, 0.05) is 5.57 Å². The Labute approximate surface area is 106 Å². The van der Waals surface area contributed by atoms with Crippen LogP contribution in [0, 0.1) is 11.3 Å². The Morgan fingerprint density at radius 2 is 1.33 bits per heavy atom. The lowest BCUT2D eigenvalue weighted by atomic mass is 9.94. The number of benzene rings is 2. The van der Waals surface area contributed by atoms with Gasteiger partial charge < -0.3 is 0 Å². The van der Waals surface area contributed by atoms with Gasteiger partial charge in [0.2, 0.25) is 0 Å². The fourth-order valence-corrected chi connectivity index (χ4v) is 1.83. The predicted octanol–water partition coefficient (Wildman–Crippen LogP) is 3.21. The van der Waals surface area contributed by atoms with E-state index in [1.54, 1.807) is 0 Å². The summed E-state index contributed by atoms with van der Waals surface area (Å²) in [5, 5.41) is 9.08. The maximum atomic E-state index is 11.0. The number of nitriles is 1. The molecule has 2 heteroatoms. The molecule has 0 saturated carbocycles. The fraction of sp³-hybridized carbons (Fsp3) is 0. The number of hydrogen-bond donors (Lipinski definition) is 0. The third-order valence-electron chi connectivity index (χ3n) is 2.63. The van der Waals surface area contributed by atoms with Gasteiger partial charge in [-0.2, -0.15) is 5.26 Å². The first-order valence-electron chi connectivity index (χ1n) is 5.57. The van der Waals surface area contributed by atoms with E-state index in [1.165, 1.54) is 0 Å². The van der Waals surface area contributed by atoms with Gasteiger partial charge in [0.05, 0.1) is 0 Å². The highest BCUT2D eigenvalue weighted by atomic mass is 16.1. The maximum Gasteiger partial charge on any atom is 0.161 e. The number of hydrogen-bond acceptors (Lipinski definition) is 2. The highest BCUT2D eigenvalue weighted by Crippen LogP contribution is 2.25. The van der Waals surface area contributed by atoms with Gasteiger partial charge in [-0.25, -0.2) is 0 Å². The molecule has 0 radical (unpaired) electrons. The minimum Gasteiger partial charge on any atom is -0.297 e. The molecule has 2 nitrogen and oxygen atoms in total. The quantitative estimate of drug-likeness (QED) is 0.464. The fourth-order valence-electron chi connectivity index (χ4n) is 1.83. The van der Waals surface area contributed by atoms with Crippen LogP contribution in [0.3, 0.4) is 0 Å². The molecule has 0 aromatic heterocycles. The van der Waals surface area contributed by atoms with Crippen molar-refractivity contribution < 1.29 is 4.79 Å². The van der Waals surface area contributed by atoms with E-state index in [9.17, 15) is 4.79 Å². The van der Waals surface area contributed by atoms with Crippen molar-refractivity contribution in [3.05, 3.63) is 77.4 Å². The Hall–Kier alpha value is -2.66. The van der Waals surface area contributed by atoms with Gasteiger partial charge in [-0.1, -0.05) is 60.7 Å². The van der Waals surface area contributed by atoms with Crippen molar-refractivity contribution in [2.75, 3.05) is 0 Å². The first kappa shape index (κ1) is 11.8. The van der Waals surface area contributed by atoms with E-state index < -0.39 is 0 Å². The molecule has 2 rings (SSSR count). The van der Waals surface area contributed by atoms with Crippen molar-refractivity contribution >= 4 is 11.9 Å². The highest BCUT2D eigenvalue weighted by Gasteiger charge is 2.10. The van der Waals surface area contributed by atoms with E-state index in [1.807, 2.05) is 66.7 Å². The number of rotatable bonds is 3. The minimum absolute atomic E-state index is 0.146. The van der Waals surface area contributed by atoms with E-state index in [0.29, 0.717) is 11.9 Å². The standard InChI is InChI=1S/C16H11NO/c17-11-15(12-18)16(13-7-3-1-4-8-13)14-9-5-2-6-10-14/h1-10,12H. The molecule has 0 spiro atoms. The van der Waals surface area contributed by atoms with Crippen molar-refractivity contribution in [2.45, 2.75) is 0 Å². The van der Waals surface area contributed by atoms with Gasteiger partial charge in [0.15, 0.2) is 6.29 Å². The first-order valence-corrected chi connectivity index (χ1v) is 5.57. The molecule has 0 atom stereocenters. The Morgan fingerprint density at radius 3 is 1.67 bits per heavy atom. The van der Waals surface area contributed by atoms with Crippen LogP contribution in [0.2, 0.25) is 0 Å². The van der Waals surface area contributed by atoms with Crippen LogP contribution in [0.1, 0.15) is 11.1 Å². The van der Waals surface area contributed by atoms with Crippen molar-refractivity contribution in [2.24, 2.45) is 0 Å². The lowest BCUT2D eigenvalue weighted by Crippen LogP contribution is -1.94. The Balaban J connectivity index is 2.68. The normalized spacial score (nSPS) is 9.28. The van der Waals surface area contributed by atoms with Crippen LogP contribution in [-0.4, -0.2) is 6.29 Å². The van der Waals surface area contributed by atoms with Crippen LogP contribution in [-0.2, 0) is 4.79 Å². The smallest absolute Gasteiger partial charge is 0.161 e. The van der Waals surface area contributed by atoms with Crippen LogP contribution >= 0.6 is 0 Å². The van der Waals surface area contributed by atoms with Crippen LogP contribution in [0.5, 0.6) is 0 Å². The zero-order valence-electron chi connectivity index (χ0n) is 9.71. The Kier molecular flexibility index (Phi) is 3.68. The second-order valence-electron chi connectivity index (χ2n) is 3.75. The van der Waals surface area contributed by atoms with E-state index in [4.69, 9.17) is 5.26 Å². The summed E-state index contributed by atoms with van der Waals surface area (Å²) >= 11 is 0. The second kappa shape index (κ2) is 5.60. The molecule has 86 valence electrons. The van der Waals surface area contributed by atoms with Crippen LogP contribution in [0.4, 0.5) is 0 Å². The molecule has 0 unspecified atom stereocenters. The molecule has 2 aromatic rings. The van der Waals surface area contributed by atoms with Crippen molar-refractivity contribution in [3.63, 3.8) is 0 Å². The molecular weight excluding hydrogens is 222 g/mol. The number of carbonyl (C=O) groups excluding carboxylic acids is 1. The van der Waals surface area contributed by atoms with Crippen LogP contribution in [0.15, 0.2) is 66.2 Å². The van der Waals surface area contributed by atoms with Gasteiger partial charge in [-0.15, -0.1) is 0 Å². The van der Waals surface area contributed by atoms with Gasteiger partial charge in [-0.05, 0) is 11.1 Å². The zero-order valence-corrected chi connectivity index (χ0v) is 9.71. The summed E-state index contributed by atoms with van der Waals surface area (Å²) in [6, 6.07) is 20.9. The second-order valence-corrected chi connectivity index (χ2v) is 3.75. The van der Waals surface area contributed by atoms with E-state index in [-0.39, 0.29) is 5.57 Å². The largest absolute Gasteiger partial charge is 0.297 e. The number of carbonyl (C=O) groups is 1. The summed E-state index contributed by atoms with van der Waals surface area (Å²) < 4.78 is 0. The van der Waals surface area contributed by atoms with Crippen molar-refractivity contribution in [1.29, 1.82) is 5.26 Å². The lowest BCUT2D eigenvalue weighted by molar-refractivity contribution is -0.104. The lowest BCUT2D eigenvalue weighted by Gasteiger charge is -2.08. The molecule has 0 aliphatic rings. The molecule has 0 N–H and O–H groups in total. The predicted molar refractivity (Wildman–Crippen MR) is 70.6 cm³/mol. The van der Waals surface area contributed by atoms with E-state index in [2.05, 4.69) is 0 Å². The number of aldehydes is 1. The average molecular weight is 233 g/mol. The van der Waals surface area contributed by atoms with Gasteiger partial charge in [0.25, 0.3) is 0 Å². The Morgan fingerprint density at radius 1 is 0.889 bits per heavy atom. The molecule has 0 heterocycles. The molecule has 18 heavy (non-hydrogen) atoms. The van der Waals surface area contributed by atoms with Crippen molar-refractivity contribution in [3.8, 4) is 6.07 Å². The molecule has 0 bridgehead atoms. The van der Waals surface area contributed by atoms with Gasteiger partial charge in [0.1, 0.15) is 11.6 Å². The Bertz CT molecular complexity index is 565. The first-order chi connectivity index (χ1) is 8.86. The molecule has 0 aliphatic carbocycles. The maximum absolute atomic E-state index is 11.0. The molecule has 0 saturated heterocycles. The van der Waals surface area contributed by atoms with E-state index in [0.717, 1.165) is 11.1 Å². The molecule has 0 aliphatic heterocycles. The summed E-state index contributed by atoms with van der Waals surface area (Å²) in [6.07, 6.45) is 0.606. The van der Waals surface area contributed by atoms with Crippen molar-refractivity contribution in [1.82, 2.24) is 0 Å². The monoisotopic (exact) mass is 233 g/mol. The summed E-state index contributed by atoms with van der Waals surface area (Å²) in [5.41, 5.74) is 2.56. The van der Waals surface area contributed by atoms with Crippen LogP contribution < -0.4 is 0 Å². The molecule has 0 fully saturated rings.